The third-order valence-electron chi connectivity index (χ3n) is 5.33. The van der Waals surface area contributed by atoms with Crippen LogP contribution < -0.4 is 11.1 Å². The van der Waals surface area contributed by atoms with Crippen LogP contribution in [0.4, 0.5) is 5.69 Å². The maximum absolute atomic E-state index is 12.7. The number of nitrogens with two attached hydrogens (primary N) is 1. The molecule has 5 heteroatoms. The highest BCUT2D eigenvalue weighted by molar-refractivity contribution is 7.09. The van der Waals surface area contributed by atoms with E-state index in [0.717, 1.165) is 34.8 Å². The van der Waals surface area contributed by atoms with Gasteiger partial charge in [0.25, 0.3) is 0 Å². The highest BCUT2D eigenvalue weighted by atomic mass is 32.1. The van der Waals surface area contributed by atoms with Crippen molar-refractivity contribution in [1.29, 1.82) is 0 Å². The van der Waals surface area contributed by atoms with Crippen LogP contribution >= 0.6 is 11.3 Å². The lowest BCUT2D eigenvalue weighted by Gasteiger charge is -2.27. The van der Waals surface area contributed by atoms with Crippen molar-refractivity contribution < 1.29 is 4.79 Å². The Morgan fingerprint density at radius 3 is 2.87 bits per heavy atom. The van der Waals surface area contributed by atoms with Crippen molar-refractivity contribution in [1.82, 2.24) is 4.98 Å². The number of aromatic nitrogens is 1. The molecule has 23 heavy (non-hydrogen) atoms. The first kappa shape index (κ1) is 14.8. The average molecular weight is 327 g/mol. The summed E-state index contributed by atoms with van der Waals surface area (Å²) in [5.41, 5.74) is 9.09. The van der Waals surface area contributed by atoms with Crippen LogP contribution in [0.1, 0.15) is 24.3 Å². The quantitative estimate of drug-likeness (QED) is 0.907. The van der Waals surface area contributed by atoms with E-state index >= 15 is 0 Å². The minimum atomic E-state index is -0.0288. The number of rotatable bonds is 3. The zero-order chi connectivity index (χ0) is 16.0. The number of hydrogen-bond acceptors (Lipinski definition) is 4. The predicted molar refractivity (Wildman–Crippen MR) is 93.2 cm³/mol. The largest absolute Gasteiger partial charge is 0.327 e. The molecule has 0 aliphatic heterocycles. The molecule has 2 aliphatic rings. The molecule has 2 aliphatic carbocycles. The molecule has 4 atom stereocenters. The van der Waals surface area contributed by atoms with Gasteiger partial charge in [0.1, 0.15) is 0 Å². The molecule has 2 saturated carbocycles. The van der Waals surface area contributed by atoms with Gasteiger partial charge in [-0.15, -0.1) is 11.3 Å². The number of nitrogens with zero attached hydrogens (tertiary/aromatic N) is 1. The summed E-state index contributed by atoms with van der Waals surface area (Å²) >= 11 is 1.63. The van der Waals surface area contributed by atoms with Crippen LogP contribution in [-0.2, 0) is 4.79 Å². The summed E-state index contributed by atoms with van der Waals surface area (Å²) < 4.78 is 0. The van der Waals surface area contributed by atoms with Gasteiger partial charge in [0.15, 0.2) is 0 Å². The highest BCUT2D eigenvalue weighted by Gasteiger charge is 2.49. The third-order valence-corrected chi connectivity index (χ3v) is 6.10. The van der Waals surface area contributed by atoms with E-state index in [1.54, 1.807) is 11.3 Å². The van der Waals surface area contributed by atoms with E-state index in [9.17, 15) is 4.79 Å². The van der Waals surface area contributed by atoms with Crippen LogP contribution in [-0.4, -0.2) is 16.9 Å². The molecule has 1 heterocycles. The molecule has 2 bridgehead atoms. The lowest BCUT2D eigenvalue weighted by molar-refractivity contribution is -0.121. The van der Waals surface area contributed by atoms with Crippen LogP contribution in [0.2, 0.25) is 0 Å². The van der Waals surface area contributed by atoms with Crippen molar-refractivity contribution in [2.45, 2.75) is 32.2 Å². The number of anilines is 1. The fourth-order valence-corrected chi connectivity index (χ4v) is 4.82. The van der Waals surface area contributed by atoms with E-state index in [-0.39, 0.29) is 17.9 Å². The van der Waals surface area contributed by atoms with E-state index in [4.69, 9.17) is 5.73 Å². The van der Waals surface area contributed by atoms with Gasteiger partial charge in [0, 0.05) is 22.7 Å². The van der Waals surface area contributed by atoms with Crippen LogP contribution in [0, 0.1) is 24.7 Å². The monoisotopic (exact) mass is 327 g/mol. The smallest absolute Gasteiger partial charge is 0.229 e. The molecule has 1 aromatic heterocycles. The zero-order valence-electron chi connectivity index (χ0n) is 13.2. The molecule has 4 unspecified atom stereocenters. The molecule has 0 saturated heterocycles. The maximum atomic E-state index is 12.7. The number of hydrogen-bond donors (Lipinski definition) is 2. The molecule has 1 aromatic carbocycles. The first-order valence-corrected chi connectivity index (χ1v) is 9.09. The van der Waals surface area contributed by atoms with Crippen molar-refractivity contribution in [3.8, 4) is 11.3 Å². The molecule has 3 N–H and O–H groups in total. The molecular formula is C18H21N3OS. The summed E-state index contributed by atoms with van der Waals surface area (Å²) in [4.78, 5) is 17.2. The van der Waals surface area contributed by atoms with Gasteiger partial charge in [-0.1, -0.05) is 12.1 Å². The first-order chi connectivity index (χ1) is 11.1. The van der Waals surface area contributed by atoms with Crippen LogP contribution in [0.25, 0.3) is 11.3 Å². The Morgan fingerprint density at radius 1 is 1.35 bits per heavy atom. The Bertz CT molecular complexity index is 739. The Balaban J connectivity index is 1.52. The van der Waals surface area contributed by atoms with E-state index in [0.29, 0.717) is 11.8 Å². The second-order valence-corrected chi connectivity index (χ2v) is 7.82. The number of benzene rings is 1. The SMILES string of the molecule is Cc1nc(-c2cccc(NC(=O)C3C4CCC(C4)C3N)c2)cs1. The maximum Gasteiger partial charge on any atom is 0.229 e. The number of aryl methyl sites for hydroxylation is 1. The Kier molecular flexibility index (Phi) is 3.70. The van der Waals surface area contributed by atoms with Gasteiger partial charge >= 0.3 is 0 Å². The van der Waals surface area contributed by atoms with Gasteiger partial charge in [0.05, 0.1) is 16.6 Å². The number of carbonyl (C=O) groups is 1. The minimum absolute atomic E-state index is 0.0260. The molecular weight excluding hydrogens is 306 g/mol. The summed E-state index contributed by atoms with van der Waals surface area (Å²) in [6.07, 6.45) is 3.46. The van der Waals surface area contributed by atoms with E-state index < -0.39 is 0 Å². The number of carbonyl (C=O) groups excluding carboxylic acids is 1. The Hall–Kier alpha value is -1.72. The van der Waals surface area contributed by atoms with Gasteiger partial charge in [-0.2, -0.15) is 0 Å². The molecule has 1 amide bonds. The number of nitrogens with one attached hydrogen (secondary N) is 1. The van der Waals surface area contributed by atoms with Crippen molar-refractivity contribution in [2.24, 2.45) is 23.5 Å². The fraction of sp³-hybridized carbons (Fsp3) is 0.444. The van der Waals surface area contributed by atoms with Gasteiger partial charge in [-0.3, -0.25) is 4.79 Å². The molecule has 120 valence electrons. The summed E-state index contributed by atoms with van der Waals surface area (Å²) in [6.45, 7) is 2.00. The number of fused-ring (bicyclic) bond motifs is 2. The lowest BCUT2D eigenvalue weighted by Crippen LogP contribution is -2.42. The lowest BCUT2D eigenvalue weighted by atomic mass is 9.84. The van der Waals surface area contributed by atoms with Crippen molar-refractivity contribution >= 4 is 22.9 Å². The van der Waals surface area contributed by atoms with Gasteiger partial charge < -0.3 is 11.1 Å². The van der Waals surface area contributed by atoms with Crippen molar-refractivity contribution in [3.05, 3.63) is 34.7 Å². The second-order valence-electron chi connectivity index (χ2n) is 6.76. The fourth-order valence-electron chi connectivity index (χ4n) is 4.20. The van der Waals surface area contributed by atoms with Crippen molar-refractivity contribution in [3.63, 3.8) is 0 Å². The van der Waals surface area contributed by atoms with E-state index in [1.165, 1.54) is 6.42 Å². The normalized spacial score (nSPS) is 29.0. The molecule has 2 fully saturated rings. The second kappa shape index (κ2) is 5.73. The van der Waals surface area contributed by atoms with Gasteiger partial charge in [0.2, 0.25) is 5.91 Å². The number of amides is 1. The van der Waals surface area contributed by atoms with E-state index in [2.05, 4.69) is 10.3 Å². The zero-order valence-corrected chi connectivity index (χ0v) is 14.0. The standard InChI is InChI=1S/C18H21N3OS/c1-10-20-15(9-23-10)11-3-2-4-14(8-11)21-18(22)16-12-5-6-13(7-12)17(16)19/h2-4,8-9,12-13,16-17H,5-7,19H2,1H3,(H,21,22). The summed E-state index contributed by atoms with van der Waals surface area (Å²) in [5.74, 6) is 1.06. The van der Waals surface area contributed by atoms with Gasteiger partial charge in [-0.05, 0) is 50.2 Å². The summed E-state index contributed by atoms with van der Waals surface area (Å²) in [6, 6.07) is 7.93. The summed E-state index contributed by atoms with van der Waals surface area (Å²) in [5, 5.41) is 6.16. The minimum Gasteiger partial charge on any atom is -0.327 e. The van der Waals surface area contributed by atoms with Crippen LogP contribution in [0.15, 0.2) is 29.6 Å². The Labute approximate surface area is 140 Å². The first-order valence-electron chi connectivity index (χ1n) is 8.21. The van der Waals surface area contributed by atoms with Crippen LogP contribution in [0.3, 0.4) is 0 Å². The number of thiazole rings is 1. The average Bonchev–Trinajstić information content (AvgIpc) is 3.23. The molecule has 0 radical (unpaired) electrons. The molecule has 2 aromatic rings. The topological polar surface area (TPSA) is 68.0 Å². The van der Waals surface area contributed by atoms with Gasteiger partial charge in [-0.25, -0.2) is 4.98 Å². The molecule has 0 spiro atoms. The Morgan fingerprint density at radius 2 is 2.17 bits per heavy atom. The molecule has 4 rings (SSSR count). The van der Waals surface area contributed by atoms with E-state index in [1.807, 2.05) is 36.6 Å². The predicted octanol–water partition coefficient (Wildman–Crippen LogP) is 3.43. The molecule has 4 nitrogen and oxygen atoms in total. The highest BCUT2D eigenvalue weighted by Crippen LogP contribution is 2.47. The van der Waals surface area contributed by atoms with Crippen molar-refractivity contribution in [2.75, 3.05) is 5.32 Å². The third kappa shape index (κ3) is 2.68. The van der Waals surface area contributed by atoms with Crippen LogP contribution in [0.5, 0.6) is 0 Å². The summed E-state index contributed by atoms with van der Waals surface area (Å²) in [7, 11) is 0.